The fourth-order valence-electron chi connectivity index (χ4n) is 4.81. The minimum Gasteiger partial charge on any atom is -0.491 e. The summed E-state index contributed by atoms with van der Waals surface area (Å²) in [7, 11) is 4.43. The van der Waals surface area contributed by atoms with E-state index in [0.29, 0.717) is 13.0 Å². The van der Waals surface area contributed by atoms with Crippen LogP contribution >= 0.6 is 0 Å². The zero-order valence-corrected chi connectivity index (χ0v) is 24.9. The summed E-state index contributed by atoms with van der Waals surface area (Å²) in [6, 6.07) is 19.0. The van der Waals surface area contributed by atoms with Crippen LogP contribution in [0.2, 0.25) is 0 Å². The second kappa shape index (κ2) is 18.0. The van der Waals surface area contributed by atoms with E-state index >= 15 is 0 Å². The number of benzene rings is 2. The highest BCUT2D eigenvalue weighted by atomic mass is 16.5. The Morgan fingerprint density at radius 1 is 0.816 bits per heavy atom. The van der Waals surface area contributed by atoms with Gasteiger partial charge in [0.15, 0.2) is 0 Å². The number of carbonyl (C=O) groups excluding carboxylic acids is 1. The maximum Gasteiger partial charge on any atom is 0.308 e. The molecule has 2 rings (SSSR count). The van der Waals surface area contributed by atoms with Gasteiger partial charge in [0.25, 0.3) is 0 Å². The predicted octanol–water partition coefficient (Wildman–Crippen LogP) is 8.37. The summed E-state index contributed by atoms with van der Waals surface area (Å²) in [6.07, 6.45) is 13.3. The Morgan fingerprint density at radius 3 is 2.18 bits per heavy atom. The van der Waals surface area contributed by atoms with Crippen molar-refractivity contribution in [2.75, 3.05) is 27.2 Å². The quantitative estimate of drug-likeness (QED) is 0.0991. The van der Waals surface area contributed by atoms with E-state index in [-0.39, 0.29) is 18.0 Å². The second-order valence-electron chi connectivity index (χ2n) is 11.7. The van der Waals surface area contributed by atoms with Gasteiger partial charge < -0.3 is 14.0 Å². The van der Waals surface area contributed by atoms with Gasteiger partial charge in [-0.3, -0.25) is 4.79 Å². The fourth-order valence-corrected chi connectivity index (χ4v) is 4.81. The molecule has 2 aromatic rings. The number of unbranched alkanes of at least 4 members (excludes halogenated alkanes) is 7. The lowest BCUT2D eigenvalue weighted by molar-refractivity contribution is -0.904. The van der Waals surface area contributed by atoms with E-state index in [0.717, 1.165) is 36.2 Å². The SMILES string of the molecule is CCCCCCCCCCc1cccc(OC(C)CCOC(=O)C(C)CC[N+](C)(C)Cc2ccccc2)c1. The van der Waals surface area contributed by atoms with E-state index in [9.17, 15) is 4.79 Å². The Labute approximate surface area is 233 Å². The Bertz CT molecular complexity index is 896. The first-order valence-electron chi connectivity index (χ1n) is 15.1. The van der Waals surface area contributed by atoms with Crippen LogP contribution in [0.4, 0.5) is 0 Å². The summed E-state index contributed by atoms with van der Waals surface area (Å²) in [5.41, 5.74) is 2.66. The third-order valence-corrected chi connectivity index (χ3v) is 7.35. The largest absolute Gasteiger partial charge is 0.491 e. The summed E-state index contributed by atoms with van der Waals surface area (Å²) < 4.78 is 12.6. The van der Waals surface area contributed by atoms with Crippen molar-refractivity contribution >= 4 is 5.97 Å². The molecule has 38 heavy (non-hydrogen) atoms. The number of nitrogens with zero attached hydrogens (tertiary/aromatic N) is 1. The van der Waals surface area contributed by atoms with Crippen LogP contribution in [-0.2, 0) is 22.5 Å². The number of rotatable bonds is 20. The van der Waals surface area contributed by atoms with E-state index in [1.165, 1.54) is 62.5 Å². The maximum atomic E-state index is 12.5. The molecule has 2 atom stereocenters. The highest BCUT2D eigenvalue weighted by molar-refractivity contribution is 5.71. The molecule has 0 aromatic heterocycles. The van der Waals surface area contributed by atoms with Gasteiger partial charge in [-0.05, 0) is 37.5 Å². The molecule has 0 aliphatic heterocycles. The minimum absolute atomic E-state index is 0.00190. The average Bonchev–Trinajstić information content (AvgIpc) is 2.89. The van der Waals surface area contributed by atoms with Gasteiger partial charge in [-0.15, -0.1) is 0 Å². The van der Waals surface area contributed by atoms with Crippen LogP contribution < -0.4 is 4.74 Å². The van der Waals surface area contributed by atoms with Gasteiger partial charge in [0, 0.05) is 18.4 Å². The van der Waals surface area contributed by atoms with Gasteiger partial charge in [-0.1, -0.05) is 101 Å². The van der Waals surface area contributed by atoms with E-state index in [1.807, 2.05) is 26.0 Å². The summed E-state index contributed by atoms with van der Waals surface area (Å²) >= 11 is 0. The van der Waals surface area contributed by atoms with Crippen molar-refractivity contribution in [3.05, 3.63) is 65.7 Å². The standard InChI is InChI=1S/C34H54NO3/c1-6-7-8-9-10-11-12-14-18-31-21-17-22-33(27-31)38-30(3)24-26-37-34(36)29(2)23-25-35(4,5)28-32-19-15-13-16-20-32/h13,15-17,19-22,27,29-30H,6-12,14,18,23-26,28H2,1-5H3/q+1. The number of ether oxygens (including phenoxy) is 2. The smallest absolute Gasteiger partial charge is 0.308 e. The van der Waals surface area contributed by atoms with Crippen molar-refractivity contribution in [2.24, 2.45) is 5.92 Å². The molecule has 212 valence electrons. The Morgan fingerprint density at radius 2 is 1.47 bits per heavy atom. The van der Waals surface area contributed by atoms with Crippen molar-refractivity contribution in [1.29, 1.82) is 0 Å². The number of quaternary nitrogens is 1. The molecule has 4 heteroatoms. The molecule has 0 fully saturated rings. The molecule has 0 saturated carbocycles. The summed E-state index contributed by atoms with van der Waals surface area (Å²) in [5, 5.41) is 0. The topological polar surface area (TPSA) is 35.5 Å². The average molecular weight is 525 g/mol. The number of hydrogen-bond donors (Lipinski definition) is 0. The lowest BCUT2D eigenvalue weighted by Gasteiger charge is -2.30. The summed E-state index contributed by atoms with van der Waals surface area (Å²) in [4.78, 5) is 12.5. The Kier molecular flexibility index (Phi) is 15.1. The molecule has 0 bridgehead atoms. The molecule has 0 aliphatic carbocycles. The van der Waals surface area contributed by atoms with Crippen LogP contribution in [-0.4, -0.2) is 43.8 Å². The zero-order valence-electron chi connectivity index (χ0n) is 24.9. The first-order chi connectivity index (χ1) is 18.3. The molecule has 2 aromatic carbocycles. The van der Waals surface area contributed by atoms with Crippen molar-refractivity contribution < 1.29 is 18.8 Å². The van der Waals surface area contributed by atoms with Gasteiger partial charge in [-0.2, -0.15) is 0 Å². The zero-order chi connectivity index (χ0) is 27.6. The fraction of sp³-hybridized carbons (Fsp3) is 0.618. The van der Waals surface area contributed by atoms with Crippen molar-refractivity contribution in [3.63, 3.8) is 0 Å². The summed E-state index contributed by atoms with van der Waals surface area (Å²) in [5.74, 6) is 0.698. The molecule has 0 radical (unpaired) electrons. The Balaban J connectivity index is 1.61. The molecule has 2 unspecified atom stereocenters. The van der Waals surface area contributed by atoms with E-state index in [4.69, 9.17) is 9.47 Å². The van der Waals surface area contributed by atoms with Crippen LogP contribution in [0.15, 0.2) is 54.6 Å². The van der Waals surface area contributed by atoms with Crippen LogP contribution in [0.1, 0.15) is 96.1 Å². The van der Waals surface area contributed by atoms with E-state index in [2.05, 4.69) is 63.5 Å². The highest BCUT2D eigenvalue weighted by Gasteiger charge is 2.22. The first-order valence-corrected chi connectivity index (χ1v) is 15.1. The lowest BCUT2D eigenvalue weighted by atomic mass is 10.0. The van der Waals surface area contributed by atoms with Crippen LogP contribution in [0, 0.1) is 5.92 Å². The lowest BCUT2D eigenvalue weighted by Crippen LogP contribution is -2.40. The monoisotopic (exact) mass is 524 g/mol. The van der Waals surface area contributed by atoms with Crippen molar-refractivity contribution in [3.8, 4) is 5.75 Å². The maximum absolute atomic E-state index is 12.5. The van der Waals surface area contributed by atoms with Crippen LogP contribution in [0.5, 0.6) is 5.75 Å². The third-order valence-electron chi connectivity index (χ3n) is 7.35. The van der Waals surface area contributed by atoms with E-state index in [1.54, 1.807) is 0 Å². The van der Waals surface area contributed by atoms with Crippen LogP contribution in [0.25, 0.3) is 0 Å². The molecule has 0 N–H and O–H groups in total. The van der Waals surface area contributed by atoms with Gasteiger partial charge in [0.05, 0.1) is 39.3 Å². The number of hydrogen-bond acceptors (Lipinski definition) is 3. The molecule has 0 heterocycles. The molecule has 0 spiro atoms. The molecule has 4 nitrogen and oxygen atoms in total. The van der Waals surface area contributed by atoms with Gasteiger partial charge in [0.1, 0.15) is 12.3 Å². The van der Waals surface area contributed by atoms with Gasteiger partial charge in [-0.25, -0.2) is 0 Å². The molecule has 0 aliphatic rings. The third kappa shape index (κ3) is 14.0. The second-order valence-corrected chi connectivity index (χ2v) is 11.7. The molecular formula is C34H54NO3+. The number of carbonyl (C=O) groups is 1. The van der Waals surface area contributed by atoms with Crippen molar-refractivity contribution in [1.82, 2.24) is 0 Å². The van der Waals surface area contributed by atoms with Crippen molar-refractivity contribution in [2.45, 2.75) is 104 Å². The van der Waals surface area contributed by atoms with Crippen LogP contribution in [0.3, 0.4) is 0 Å². The molecule has 0 saturated heterocycles. The molecule has 0 amide bonds. The normalized spacial score (nSPS) is 13.2. The number of aryl methyl sites for hydroxylation is 1. The summed E-state index contributed by atoms with van der Waals surface area (Å²) in [6.45, 7) is 8.57. The molecular weight excluding hydrogens is 470 g/mol. The minimum atomic E-state index is -0.107. The van der Waals surface area contributed by atoms with E-state index < -0.39 is 0 Å². The Hall–Kier alpha value is -2.33. The van der Waals surface area contributed by atoms with Gasteiger partial charge >= 0.3 is 5.97 Å². The van der Waals surface area contributed by atoms with Gasteiger partial charge in [0.2, 0.25) is 0 Å². The number of esters is 1. The highest BCUT2D eigenvalue weighted by Crippen LogP contribution is 2.19. The first kappa shape index (κ1) is 31.9. The predicted molar refractivity (Wildman–Crippen MR) is 159 cm³/mol.